The number of nitrogens with two attached hydrogens (primary N) is 1. The first-order chi connectivity index (χ1) is 18.7. The molecule has 0 bridgehead atoms. The number of hydrogen-bond acceptors (Lipinski definition) is 6. The van der Waals surface area contributed by atoms with E-state index in [1.54, 1.807) is 33.3 Å². The van der Waals surface area contributed by atoms with Gasteiger partial charge in [0.1, 0.15) is 6.04 Å². The zero-order valence-electron chi connectivity index (χ0n) is 21.5. The maximum atomic E-state index is 13.5. The SMILES string of the molecule is NS(=O)(=O)c1ccc(CCNC(=O)CC2C(=O)N(CCc3ccccc3)CC(=O)N2CCc2cccs2)cc1. The number of thiophene rings is 1. The maximum Gasteiger partial charge on any atom is 0.246 e. The molecule has 3 N–H and O–H groups in total. The Morgan fingerprint density at radius 3 is 2.31 bits per heavy atom. The van der Waals surface area contributed by atoms with Crippen LogP contribution in [0.4, 0.5) is 0 Å². The Bertz CT molecular complexity index is 1380. The van der Waals surface area contributed by atoms with Gasteiger partial charge in [-0.25, -0.2) is 13.6 Å². The first kappa shape index (κ1) is 28.5. The maximum absolute atomic E-state index is 13.5. The third-order valence-electron chi connectivity index (χ3n) is 6.68. The summed E-state index contributed by atoms with van der Waals surface area (Å²) in [7, 11) is -3.77. The highest BCUT2D eigenvalue weighted by Crippen LogP contribution is 2.19. The monoisotopic (exact) mass is 568 g/mol. The van der Waals surface area contributed by atoms with Gasteiger partial charge in [0.05, 0.1) is 17.9 Å². The van der Waals surface area contributed by atoms with Gasteiger partial charge in [0.25, 0.3) is 0 Å². The molecule has 1 aliphatic rings. The van der Waals surface area contributed by atoms with Crippen LogP contribution in [0.15, 0.2) is 77.0 Å². The van der Waals surface area contributed by atoms with Crippen molar-refractivity contribution in [2.45, 2.75) is 36.6 Å². The van der Waals surface area contributed by atoms with Crippen LogP contribution in [-0.2, 0) is 43.7 Å². The second-order valence-corrected chi connectivity index (χ2v) is 12.0. The summed E-state index contributed by atoms with van der Waals surface area (Å²) >= 11 is 1.59. The number of carbonyl (C=O) groups is 3. The van der Waals surface area contributed by atoms with Gasteiger partial charge in [0.15, 0.2) is 0 Å². The molecule has 1 aromatic heterocycles. The van der Waals surface area contributed by atoms with E-state index >= 15 is 0 Å². The topological polar surface area (TPSA) is 130 Å². The summed E-state index contributed by atoms with van der Waals surface area (Å²) in [5.74, 6) is -0.703. The molecule has 206 valence electrons. The van der Waals surface area contributed by atoms with Crippen LogP contribution < -0.4 is 10.5 Å². The number of carbonyl (C=O) groups excluding carboxylic acids is 3. The number of piperazine rings is 1. The molecule has 0 radical (unpaired) electrons. The van der Waals surface area contributed by atoms with Crippen molar-refractivity contribution in [3.05, 3.63) is 88.1 Å². The molecule has 4 rings (SSSR count). The highest BCUT2D eigenvalue weighted by Gasteiger charge is 2.40. The van der Waals surface area contributed by atoms with Crippen LogP contribution in [0, 0.1) is 0 Å². The van der Waals surface area contributed by atoms with Crippen LogP contribution in [-0.4, -0.2) is 68.2 Å². The van der Waals surface area contributed by atoms with Gasteiger partial charge in [-0.3, -0.25) is 14.4 Å². The molecular formula is C28H32N4O5S2. The van der Waals surface area contributed by atoms with Crippen molar-refractivity contribution in [2.75, 3.05) is 26.2 Å². The summed E-state index contributed by atoms with van der Waals surface area (Å²) in [6.45, 7) is 1.07. The van der Waals surface area contributed by atoms with E-state index in [9.17, 15) is 22.8 Å². The van der Waals surface area contributed by atoms with Crippen LogP contribution >= 0.6 is 11.3 Å². The lowest BCUT2D eigenvalue weighted by molar-refractivity contribution is -0.157. The number of rotatable bonds is 12. The largest absolute Gasteiger partial charge is 0.356 e. The number of amides is 3. The molecule has 1 unspecified atom stereocenters. The van der Waals surface area contributed by atoms with Crippen LogP contribution in [0.5, 0.6) is 0 Å². The zero-order valence-corrected chi connectivity index (χ0v) is 23.1. The van der Waals surface area contributed by atoms with Gasteiger partial charge in [-0.15, -0.1) is 11.3 Å². The van der Waals surface area contributed by atoms with E-state index in [0.29, 0.717) is 38.9 Å². The molecule has 0 saturated carbocycles. The minimum absolute atomic E-state index is 0.00272. The van der Waals surface area contributed by atoms with Gasteiger partial charge in [-0.1, -0.05) is 48.5 Å². The molecule has 0 spiro atoms. The predicted octanol–water partition coefficient (Wildman–Crippen LogP) is 1.97. The van der Waals surface area contributed by atoms with E-state index in [1.807, 2.05) is 47.8 Å². The Balaban J connectivity index is 1.38. The third kappa shape index (κ3) is 7.98. The minimum atomic E-state index is -3.77. The van der Waals surface area contributed by atoms with E-state index in [4.69, 9.17) is 5.14 Å². The molecule has 1 aliphatic heterocycles. The summed E-state index contributed by atoms with van der Waals surface area (Å²) in [5.41, 5.74) is 1.90. The summed E-state index contributed by atoms with van der Waals surface area (Å²) in [6, 6.07) is 19.0. The lowest BCUT2D eigenvalue weighted by atomic mass is 10.0. The van der Waals surface area contributed by atoms with Gasteiger partial charge in [0, 0.05) is 24.5 Å². The fourth-order valence-corrected chi connectivity index (χ4v) is 5.76. The van der Waals surface area contributed by atoms with E-state index in [-0.39, 0.29) is 35.6 Å². The van der Waals surface area contributed by atoms with Crippen molar-refractivity contribution in [3.63, 3.8) is 0 Å². The molecule has 2 heterocycles. The quantitative estimate of drug-likeness (QED) is 0.345. The van der Waals surface area contributed by atoms with Crippen molar-refractivity contribution in [2.24, 2.45) is 5.14 Å². The van der Waals surface area contributed by atoms with Crippen molar-refractivity contribution in [3.8, 4) is 0 Å². The Morgan fingerprint density at radius 2 is 1.64 bits per heavy atom. The third-order valence-corrected chi connectivity index (χ3v) is 8.54. The van der Waals surface area contributed by atoms with Crippen molar-refractivity contribution in [1.82, 2.24) is 15.1 Å². The zero-order chi connectivity index (χ0) is 27.8. The summed E-state index contributed by atoms with van der Waals surface area (Å²) in [5, 5.41) is 9.93. The van der Waals surface area contributed by atoms with Gasteiger partial charge >= 0.3 is 0 Å². The molecule has 1 fully saturated rings. The standard InChI is InChI=1S/C28H32N4O5S2/c29-39(36,37)24-10-8-22(9-11-24)12-15-30-26(33)19-25-28(35)31(16-13-21-5-2-1-3-6-21)20-27(34)32(25)17-14-23-7-4-18-38-23/h1-11,18,25H,12-17,19-20H2,(H,30,33)(H2,29,36,37). The van der Waals surface area contributed by atoms with Crippen LogP contribution in [0.3, 0.4) is 0 Å². The van der Waals surface area contributed by atoms with Crippen LogP contribution in [0.1, 0.15) is 22.4 Å². The second kappa shape index (κ2) is 13.0. The van der Waals surface area contributed by atoms with Crippen LogP contribution in [0.2, 0.25) is 0 Å². The van der Waals surface area contributed by atoms with Crippen molar-refractivity contribution < 1.29 is 22.8 Å². The van der Waals surface area contributed by atoms with E-state index < -0.39 is 16.1 Å². The van der Waals surface area contributed by atoms with E-state index in [0.717, 1.165) is 16.0 Å². The fraction of sp³-hybridized carbons (Fsp3) is 0.321. The van der Waals surface area contributed by atoms with Gasteiger partial charge in [0.2, 0.25) is 27.7 Å². The number of benzene rings is 2. The summed E-state index contributed by atoms with van der Waals surface area (Å²) < 4.78 is 22.8. The summed E-state index contributed by atoms with van der Waals surface area (Å²) in [4.78, 5) is 43.8. The molecule has 1 saturated heterocycles. The Labute approximate surface area is 232 Å². The van der Waals surface area contributed by atoms with Crippen molar-refractivity contribution in [1.29, 1.82) is 0 Å². The minimum Gasteiger partial charge on any atom is -0.356 e. The number of hydrogen-bond donors (Lipinski definition) is 2. The van der Waals surface area contributed by atoms with Gasteiger partial charge in [-0.05, 0) is 54.0 Å². The van der Waals surface area contributed by atoms with E-state index in [2.05, 4.69) is 5.32 Å². The normalized spacial score (nSPS) is 16.0. The lowest BCUT2D eigenvalue weighted by Crippen LogP contribution is -2.61. The van der Waals surface area contributed by atoms with Gasteiger partial charge < -0.3 is 15.1 Å². The Hall–Kier alpha value is -3.54. The predicted molar refractivity (Wildman–Crippen MR) is 149 cm³/mol. The molecule has 3 aromatic rings. The van der Waals surface area contributed by atoms with Crippen molar-refractivity contribution >= 4 is 39.1 Å². The molecule has 3 amide bonds. The number of nitrogens with zero attached hydrogens (tertiary/aromatic N) is 2. The van der Waals surface area contributed by atoms with Gasteiger partial charge in [-0.2, -0.15) is 0 Å². The molecular weight excluding hydrogens is 536 g/mol. The average Bonchev–Trinajstić information content (AvgIpc) is 3.43. The molecule has 39 heavy (non-hydrogen) atoms. The first-order valence-corrected chi connectivity index (χ1v) is 15.2. The van der Waals surface area contributed by atoms with E-state index in [1.165, 1.54) is 12.1 Å². The molecule has 1 atom stereocenters. The number of sulfonamides is 1. The molecule has 2 aromatic carbocycles. The lowest BCUT2D eigenvalue weighted by Gasteiger charge is -2.40. The molecule has 0 aliphatic carbocycles. The Morgan fingerprint density at radius 1 is 0.923 bits per heavy atom. The highest BCUT2D eigenvalue weighted by molar-refractivity contribution is 7.89. The first-order valence-electron chi connectivity index (χ1n) is 12.7. The average molecular weight is 569 g/mol. The molecule has 9 nitrogen and oxygen atoms in total. The fourth-order valence-electron chi connectivity index (χ4n) is 4.55. The molecule has 11 heteroatoms. The second-order valence-electron chi connectivity index (χ2n) is 9.42. The number of primary sulfonamides is 1. The Kier molecular flexibility index (Phi) is 9.50. The highest BCUT2D eigenvalue weighted by atomic mass is 32.2. The van der Waals surface area contributed by atoms with Crippen LogP contribution in [0.25, 0.3) is 0 Å². The summed E-state index contributed by atoms with van der Waals surface area (Å²) in [6.07, 6.45) is 1.59. The number of nitrogens with one attached hydrogen (secondary N) is 1. The smallest absolute Gasteiger partial charge is 0.246 e.